The Hall–Kier alpha value is -1.29. The largest absolute Gasteiger partial charge is 0.493 e. The number of hydrogen-bond acceptors (Lipinski definition) is 3. The zero-order chi connectivity index (χ0) is 14.2. The van der Waals surface area contributed by atoms with Crippen molar-refractivity contribution in [3.8, 4) is 11.5 Å². The highest BCUT2D eigenvalue weighted by molar-refractivity contribution is 5.57. The van der Waals surface area contributed by atoms with Crippen molar-refractivity contribution >= 4 is 0 Å². The number of fused-ring (bicyclic) bond motifs is 1. The number of nitrogens with one attached hydrogen (secondary N) is 1. The second kappa shape index (κ2) is 5.00. The van der Waals surface area contributed by atoms with E-state index in [4.69, 9.17) is 9.47 Å². The van der Waals surface area contributed by atoms with Gasteiger partial charge in [0.05, 0.1) is 14.2 Å². The first-order valence-electron chi connectivity index (χ1n) is 6.64. The van der Waals surface area contributed by atoms with Crippen LogP contribution in [0.5, 0.6) is 11.5 Å². The minimum atomic E-state index is -0.210. The monoisotopic (exact) mass is 267 g/mol. The number of benzene rings is 1. The Labute approximate surface area is 114 Å². The molecule has 0 saturated heterocycles. The van der Waals surface area contributed by atoms with Gasteiger partial charge in [-0.1, -0.05) is 20.8 Å². The molecule has 2 rings (SSSR count). The van der Waals surface area contributed by atoms with Crippen molar-refractivity contribution in [3.05, 3.63) is 23.0 Å². The van der Waals surface area contributed by atoms with E-state index in [-0.39, 0.29) is 17.3 Å². The fraction of sp³-hybridized carbons (Fsp3) is 0.600. The van der Waals surface area contributed by atoms with Crippen LogP contribution in [-0.2, 0) is 5.41 Å². The lowest BCUT2D eigenvalue weighted by Gasteiger charge is -2.20. The summed E-state index contributed by atoms with van der Waals surface area (Å²) in [6.45, 7) is 7.02. The second-order valence-corrected chi connectivity index (χ2v) is 5.58. The molecule has 1 N–H and O–H groups in total. The van der Waals surface area contributed by atoms with Crippen molar-refractivity contribution in [2.45, 2.75) is 38.6 Å². The molecule has 0 amide bonds. The van der Waals surface area contributed by atoms with Crippen molar-refractivity contribution in [2.24, 2.45) is 0 Å². The van der Waals surface area contributed by atoms with Crippen LogP contribution < -0.4 is 14.8 Å². The molecule has 1 atom stereocenters. The van der Waals surface area contributed by atoms with E-state index in [2.05, 4.69) is 19.2 Å². The Kier molecular flexibility index (Phi) is 3.72. The SMILES string of the molecule is CCNC1CC(C)(C)c2c(F)cc(OC)c(OC)c21. The van der Waals surface area contributed by atoms with Crippen LogP contribution in [0.15, 0.2) is 6.07 Å². The molecule has 4 heteroatoms. The van der Waals surface area contributed by atoms with Crippen LogP contribution in [-0.4, -0.2) is 20.8 Å². The maximum absolute atomic E-state index is 14.4. The highest BCUT2D eigenvalue weighted by Gasteiger charge is 2.42. The van der Waals surface area contributed by atoms with Gasteiger partial charge >= 0.3 is 0 Å². The first-order chi connectivity index (χ1) is 8.96. The zero-order valence-corrected chi connectivity index (χ0v) is 12.3. The van der Waals surface area contributed by atoms with Gasteiger partial charge in [-0.25, -0.2) is 4.39 Å². The van der Waals surface area contributed by atoms with Crippen LogP contribution in [0.2, 0.25) is 0 Å². The van der Waals surface area contributed by atoms with E-state index in [1.807, 2.05) is 6.92 Å². The van der Waals surface area contributed by atoms with Crippen molar-refractivity contribution in [3.63, 3.8) is 0 Å². The van der Waals surface area contributed by atoms with Gasteiger partial charge in [0.2, 0.25) is 0 Å². The van der Waals surface area contributed by atoms with Gasteiger partial charge in [0.15, 0.2) is 11.5 Å². The summed E-state index contributed by atoms with van der Waals surface area (Å²) >= 11 is 0. The summed E-state index contributed by atoms with van der Waals surface area (Å²) in [6.07, 6.45) is 0.858. The average Bonchev–Trinajstić information content (AvgIpc) is 2.62. The van der Waals surface area contributed by atoms with Crippen molar-refractivity contribution < 1.29 is 13.9 Å². The molecule has 0 radical (unpaired) electrons. The van der Waals surface area contributed by atoms with Gasteiger partial charge in [0.1, 0.15) is 5.82 Å². The lowest BCUT2D eigenvalue weighted by molar-refractivity contribution is 0.345. The van der Waals surface area contributed by atoms with Crippen LogP contribution >= 0.6 is 0 Å². The molecule has 0 fully saturated rings. The molecular weight excluding hydrogens is 245 g/mol. The van der Waals surface area contributed by atoms with Gasteiger partial charge in [-0.3, -0.25) is 0 Å². The molecule has 0 saturated carbocycles. The fourth-order valence-electron chi connectivity index (χ4n) is 3.15. The third-order valence-corrected chi connectivity index (χ3v) is 3.85. The number of methoxy groups -OCH3 is 2. The molecule has 19 heavy (non-hydrogen) atoms. The maximum atomic E-state index is 14.4. The van der Waals surface area contributed by atoms with E-state index in [0.29, 0.717) is 11.5 Å². The molecule has 1 aliphatic carbocycles. The van der Waals surface area contributed by atoms with Gasteiger partial charge in [-0.15, -0.1) is 0 Å². The highest BCUT2D eigenvalue weighted by atomic mass is 19.1. The molecular formula is C15H22FNO2. The summed E-state index contributed by atoms with van der Waals surface area (Å²) in [6, 6.07) is 1.53. The third kappa shape index (κ3) is 2.18. The van der Waals surface area contributed by atoms with E-state index in [0.717, 1.165) is 24.1 Å². The van der Waals surface area contributed by atoms with Crippen LogP contribution in [0.3, 0.4) is 0 Å². The van der Waals surface area contributed by atoms with E-state index < -0.39 is 0 Å². The molecule has 0 spiro atoms. The number of halogens is 1. The predicted octanol–water partition coefficient (Wildman–Crippen LogP) is 3.17. The second-order valence-electron chi connectivity index (χ2n) is 5.58. The van der Waals surface area contributed by atoms with Gasteiger partial charge in [0, 0.05) is 23.2 Å². The summed E-state index contributed by atoms with van der Waals surface area (Å²) in [4.78, 5) is 0. The molecule has 3 nitrogen and oxygen atoms in total. The van der Waals surface area contributed by atoms with Gasteiger partial charge in [-0.05, 0) is 18.4 Å². The quantitative estimate of drug-likeness (QED) is 0.909. The smallest absolute Gasteiger partial charge is 0.165 e. The maximum Gasteiger partial charge on any atom is 0.165 e. The van der Waals surface area contributed by atoms with E-state index in [1.54, 1.807) is 7.11 Å². The Morgan fingerprint density at radius 2 is 2.05 bits per heavy atom. The molecule has 1 aromatic carbocycles. The number of ether oxygens (including phenoxy) is 2. The number of rotatable bonds is 4. The van der Waals surface area contributed by atoms with E-state index in [9.17, 15) is 4.39 Å². The predicted molar refractivity (Wildman–Crippen MR) is 73.6 cm³/mol. The van der Waals surface area contributed by atoms with Crippen LogP contribution in [0.4, 0.5) is 4.39 Å². The van der Waals surface area contributed by atoms with E-state index in [1.165, 1.54) is 13.2 Å². The third-order valence-electron chi connectivity index (χ3n) is 3.85. The molecule has 0 heterocycles. The van der Waals surface area contributed by atoms with Crippen molar-refractivity contribution in [2.75, 3.05) is 20.8 Å². The Bertz CT molecular complexity index is 486. The van der Waals surface area contributed by atoms with Crippen LogP contribution in [0.1, 0.15) is 44.4 Å². The van der Waals surface area contributed by atoms with Gasteiger partial charge < -0.3 is 14.8 Å². The fourth-order valence-corrected chi connectivity index (χ4v) is 3.15. The van der Waals surface area contributed by atoms with E-state index >= 15 is 0 Å². The molecule has 1 aliphatic rings. The van der Waals surface area contributed by atoms with Gasteiger partial charge in [-0.2, -0.15) is 0 Å². The molecule has 0 bridgehead atoms. The molecule has 0 aromatic heterocycles. The summed E-state index contributed by atoms with van der Waals surface area (Å²) in [5.74, 6) is 0.896. The summed E-state index contributed by atoms with van der Waals surface area (Å²) in [5.41, 5.74) is 1.45. The molecule has 1 aromatic rings. The van der Waals surface area contributed by atoms with Crippen molar-refractivity contribution in [1.29, 1.82) is 0 Å². The zero-order valence-electron chi connectivity index (χ0n) is 12.3. The highest BCUT2D eigenvalue weighted by Crippen LogP contribution is 2.52. The lowest BCUT2D eigenvalue weighted by atomic mass is 9.86. The minimum Gasteiger partial charge on any atom is -0.493 e. The minimum absolute atomic E-state index is 0.106. The number of hydrogen-bond donors (Lipinski definition) is 1. The first kappa shape index (κ1) is 14.1. The summed E-state index contributed by atoms with van der Waals surface area (Å²) < 4.78 is 25.1. The summed E-state index contributed by atoms with van der Waals surface area (Å²) in [5, 5.41) is 3.41. The van der Waals surface area contributed by atoms with Crippen LogP contribution in [0.25, 0.3) is 0 Å². The first-order valence-corrected chi connectivity index (χ1v) is 6.64. The van der Waals surface area contributed by atoms with Gasteiger partial charge in [0.25, 0.3) is 0 Å². The Morgan fingerprint density at radius 3 is 2.58 bits per heavy atom. The standard InChI is InChI=1S/C15H22FNO2/c1-6-17-10-8-15(2,3)13-9(16)7-11(18-4)14(19-5)12(10)13/h7,10,17H,6,8H2,1-5H3. The molecule has 1 unspecified atom stereocenters. The normalized spacial score (nSPS) is 20.2. The lowest BCUT2D eigenvalue weighted by Crippen LogP contribution is -2.21. The average molecular weight is 267 g/mol. The molecule has 0 aliphatic heterocycles. The molecule has 106 valence electrons. The topological polar surface area (TPSA) is 30.5 Å². The summed E-state index contributed by atoms with van der Waals surface area (Å²) in [7, 11) is 3.14. The van der Waals surface area contributed by atoms with Crippen LogP contribution in [0, 0.1) is 5.82 Å². The van der Waals surface area contributed by atoms with Crippen molar-refractivity contribution in [1.82, 2.24) is 5.32 Å². The Balaban J connectivity index is 2.68. The Morgan fingerprint density at radius 1 is 1.37 bits per heavy atom.